The van der Waals surface area contributed by atoms with E-state index >= 15 is 0 Å². The molecule has 0 amide bonds. The predicted molar refractivity (Wildman–Crippen MR) is 133 cm³/mol. The number of fused-ring (bicyclic) bond motifs is 4. The molecule has 0 unspecified atom stereocenters. The fourth-order valence-corrected chi connectivity index (χ4v) is 5.16. The van der Waals surface area contributed by atoms with E-state index in [0.29, 0.717) is 36.3 Å². The molecule has 3 aromatic carbocycles. The molecule has 204 valence electrons. The molecule has 1 aromatic heterocycles. The smallest absolute Gasteiger partial charge is 0.216 e. The van der Waals surface area contributed by atoms with Gasteiger partial charge < -0.3 is 18.9 Å². The van der Waals surface area contributed by atoms with Crippen LogP contribution in [0, 0.1) is 29.1 Å². The summed E-state index contributed by atoms with van der Waals surface area (Å²) >= 11 is 0. The number of aromatic nitrogens is 1. The number of halogens is 5. The van der Waals surface area contributed by atoms with Crippen LogP contribution in [0.5, 0.6) is 23.0 Å². The van der Waals surface area contributed by atoms with Gasteiger partial charge in [0.1, 0.15) is 6.61 Å². The van der Waals surface area contributed by atoms with Crippen LogP contribution < -0.4 is 23.5 Å². The standard InChI is InChI=1S/C29H25F5NO4/c1-5-15-16-6-7-20(36-2)29(39-13-19-23(30)25(32)27(34)26(33)24(19)31)18(16)12-35-9-8-14-10-21(37-3)22(38-4)11-17(14)28(15)35/h6-7,10-12H,5,8-9,13H2,1-4H3/q+1. The Balaban J connectivity index is 1.68. The summed E-state index contributed by atoms with van der Waals surface area (Å²) in [5, 5.41) is 1.36. The number of hydrogen-bond acceptors (Lipinski definition) is 4. The zero-order valence-corrected chi connectivity index (χ0v) is 21.7. The van der Waals surface area contributed by atoms with Gasteiger partial charge in [0.25, 0.3) is 0 Å². The molecule has 0 radical (unpaired) electrons. The van der Waals surface area contributed by atoms with Crippen molar-refractivity contribution in [1.29, 1.82) is 0 Å². The molecular formula is C29H25F5NO4+. The lowest BCUT2D eigenvalue weighted by Gasteiger charge is -2.22. The summed E-state index contributed by atoms with van der Waals surface area (Å²) in [5.74, 6) is -8.55. The third-order valence-corrected chi connectivity index (χ3v) is 7.06. The van der Waals surface area contributed by atoms with Crippen LogP contribution in [0.15, 0.2) is 30.5 Å². The molecular weight excluding hydrogens is 521 g/mol. The van der Waals surface area contributed by atoms with E-state index in [0.717, 1.165) is 27.8 Å². The van der Waals surface area contributed by atoms with Crippen LogP contribution in [0.1, 0.15) is 23.6 Å². The third-order valence-electron chi connectivity index (χ3n) is 7.06. The van der Waals surface area contributed by atoms with Crippen molar-refractivity contribution in [3.05, 3.63) is 76.2 Å². The average molecular weight is 547 g/mol. The number of methoxy groups -OCH3 is 3. The number of benzene rings is 3. The molecule has 0 bridgehead atoms. The van der Waals surface area contributed by atoms with E-state index < -0.39 is 41.3 Å². The van der Waals surface area contributed by atoms with Crippen molar-refractivity contribution in [2.45, 2.75) is 32.9 Å². The maximum Gasteiger partial charge on any atom is 0.216 e. The van der Waals surface area contributed by atoms with Crippen molar-refractivity contribution >= 4 is 10.8 Å². The molecule has 4 aromatic rings. The highest BCUT2D eigenvalue weighted by atomic mass is 19.2. The largest absolute Gasteiger partial charge is 0.493 e. The molecule has 1 aliphatic heterocycles. The summed E-state index contributed by atoms with van der Waals surface area (Å²) < 4.78 is 94.0. The van der Waals surface area contributed by atoms with Gasteiger partial charge >= 0.3 is 0 Å². The Morgan fingerprint density at radius 2 is 1.36 bits per heavy atom. The van der Waals surface area contributed by atoms with Gasteiger partial charge in [-0.25, -0.2) is 22.0 Å². The first kappa shape index (κ1) is 26.5. The second kappa shape index (κ2) is 10.2. The van der Waals surface area contributed by atoms with Crippen LogP contribution in [0.25, 0.3) is 22.0 Å². The van der Waals surface area contributed by atoms with E-state index in [1.807, 2.05) is 31.3 Å². The second-order valence-electron chi connectivity index (χ2n) is 9.01. The van der Waals surface area contributed by atoms with Crippen LogP contribution in [-0.4, -0.2) is 21.3 Å². The van der Waals surface area contributed by atoms with Gasteiger partial charge in [-0.15, -0.1) is 0 Å². The molecule has 0 aliphatic carbocycles. The van der Waals surface area contributed by atoms with E-state index in [2.05, 4.69) is 4.57 Å². The van der Waals surface area contributed by atoms with Gasteiger partial charge in [-0.3, -0.25) is 0 Å². The van der Waals surface area contributed by atoms with Crippen molar-refractivity contribution in [3.63, 3.8) is 0 Å². The fourth-order valence-electron chi connectivity index (χ4n) is 5.16. The van der Waals surface area contributed by atoms with Crippen LogP contribution in [0.3, 0.4) is 0 Å². The molecule has 0 N–H and O–H groups in total. The number of ether oxygens (including phenoxy) is 4. The first-order chi connectivity index (χ1) is 18.7. The Morgan fingerprint density at radius 1 is 0.744 bits per heavy atom. The van der Waals surface area contributed by atoms with Gasteiger partial charge in [-0.1, -0.05) is 6.92 Å². The molecule has 39 heavy (non-hydrogen) atoms. The van der Waals surface area contributed by atoms with Gasteiger partial charge in [-0.05, 0) is 36.2 Å². The first-order valence-corrected chi connectivity index (χ1v) is 12.2. The van der Waals surface area contributed by atoms with Crippen molar-refractivity contribution in [2.75, 3.05) is 21.3 Å². The van der Waals surface area contributed by atoms with E-state index in [4.69, 9.17) is 18.9 Å². The zero-order valence-electron chi connectivity index (χ0n) is 21.7. The Labute approximate surface area is 221 Å². The average Bonchev–Trinajstić information content (AvgIpc) is 2.96. The number of aryl methyl sites for hydroxylation is 3. The Morgan fingerprint density at radius 3 is 1.97 bits per heavy atom. The van der Waals surface area contributed by atoms with Crippen LogP contribution >= 0.6 is 0 Å². The monoisotopic (exact) mass is 546 g/mol. The Hall–Kier alpha value is -4.08. The van der Waals surface area contributed by atoms with Crippen LogP contribution in [-0.2, 0) is 26.0 Å². The molecule has 1 aliphatic rings. The first-order valence-electron chi connectivity index (χ1n) is 12.2. The molecule has 2 heterocycles. The highest BCUT2D eigenvalue weighted by Gasteiger charge is 2.32. The molecule has 0 spiro atoms. The van der Waals surface area contributed by atoms with E-state index in [9.17, 15) is 22.0 Å². The van der Waals surface area contributed by atoms with Crippen molar-refractivity contribution in [1.82, 2.24) is 0 Å². The van der Waals surface area contributed by atoms with Crippen molar-refractivity contribution in [3.8, 4) is 34.3 Å². The SMILES string of the molecule is CCc1c2[n+](cc3c(OCc4c(F)c(F)c(F)c(F)c4F)c(OC)ccc13)CCc1cc(OC)c(OC)cc1-2. The maximum absolute atomic E-state index is 14.3. The van der Waals surface area contributed by atoms with E-state index in [1.54, 1.807) is 20.3 Å². The summed E-state index contributed by atoms with van der Waals surface area (Å²) in [6.07, 6.45) is 3.18. The minimum atomic E-state index is -2.22. The summed E-state index contributed by atoms with van der Waals surface area (Å²) in [6.45, 7) is 1.73. The molecule has 0 atom stereocenters. The van der Waals surface area contributed by atoms with Crippen LogP contribution in [0.4, 0.5) is 22.0 Å². The quantitative estimate of drug-likeness (QED) is 0.120. The normalized spacial score (nSPS) is 12.2. The Kier molecular flexibility index (Phi) is 6.96. The zero-order chi connectivity index (χ0) is 28.0. The molecule has 0 fully saturated rings. The van der Waals surface area contributed by atoms with E-state index in [1.165, 1.54) is 7.11 Å². The van der Waals surface area contributed by atoms with Crippen molar-refractivity contribution in [2.24, 2.45) is 0 Å². The predicted octanol–water partition coefficient (Wildman–Crippen LogP) is 6.21. The minimum Gasteiger partial charge on any atom is -0.493 e. The molecule has 10 heteroatoms. The molecule has 0 saturated heterocycles. The number of rotatable bonds is 7. The lowest BCUT2D eigenvalue weighted by Crippen LogP contribution is -2.41. The van der Waals surface area contributed by atoms with Crippen LogP contribution in [0.2, 0.25) is 0 Å². The maximum atomic E-state index is 14.3. The molecule has 5 nitrogen and oxygen atoms in total. The number of hydrogen-bond donors (Lipinski definition) is 0. The lowest BCUT2D eigenvalue weighted by atomic mass is 9.90. The van der Waals surface area contributed by atoms with Gasteiger partial charge in [0, 0.05) is 17.4 Å². The third kappa shape index (κ3) is 4.18. The number of pyridine rings is 1. The fraction of sp³-hybridized carbons (Fsp3) is 0.276. The minimum absolute atomic E-state index is 0.127. The highest BCUT2D eigenvalue weighted by Crippen LogP contribution is 2.43. The molecule has 5 rings (SSSR count). The molecule has 0 saturated carbocycles. The lowest BCUT2D eigenvalue weighted by molar-refractivity contribution is -0.686. The van der Waals surface area contributed by atoms with Gasteiger partial charge in [0.2, 0.25) is 11.5 Å². The highest BCUT2D eigenvalue weighted by molar-refractivity contribution is 5.95. The summed E-state index contributed by atoms with van der Waals surface area (Å²) in [4.78, 5) is 0. The van der Waals surface area contributed by atoms with Gasteiger partial charge in [0.05, 0.1) is 37.8 Å². The Bertz CT molecular complexity index is 1590. The topological polar surface area (TPSA) is 40.8 Å². The van der Waals surface area contributed by atoms with Gasteiger partial charge in [0.15, 0.2) is 59.0 Å². The summed E-state index contributed by atoms with van der Waals surface area (Å²) in [5.41, 5.74) is 2.96. The number of nitrogens with zero attached hydrogens (tertiary/aromatic N) is 1. The summed E-state index contributed by atoms with van der Waals surface area (Å²) in [6, 6.07) is 7.40. The van der Waals surface area contributed by atoms with Gasteiger partial charge in [-0.2, -0.15) is 4.57 Å². The van der Waals surface area contributed by atoms with E-state index in [-0.39, 0.29) is 11.5 Å². The summed E-state index contributed by atoms with van der Waals surface area (Å²) in [7, 11) is 4.55. The second-order valence-corrected chi connectivity index (χ2v) is 9.01. The van der Waals surface area contributed by atoms with Crippen molar-refractivity contribution < 1.29 is 45.5 Å².